The molecule has 2 nitrogen and oxygen atoms in total. The zero-order valence-corrected chi connectivity index (χ0v) is 11.6. The SMILES string of the molecule is CCCC1CCCCN1C(C)(CN)C(C)C. The summed E-state index contributed by atoms with van der Waals surface area (Å²) < 4.78 is 0. The van der Waals surface area contributed by atoms with E-state index in [1.165, 1.54) is 38.6 Å². The summed E-state index contributed by atoms with van der Waals surface area (Å²) >= 11 is 0. The van der Waals surface area contributed by atoms with Crippen molar-refractivity contribution in [3.8, 4) is 0 Å². The van der Waals surface area contributed by atoms with Crippen molar-refractivity contribution in [2.24, 2.45) is 11.7 Å². The average molecular weight is 226 g/mol. The molecule has 1 aliphatic rings. The fourth-order valence-corrected chi connectivity index (χ4v) is 2.99. The van der Waals surface area contributed by atoms with Gasteiger partial charge in [-0.2, -0.15) is 0 Å². The van der Waals surface area contributed by atoms with E-state index in [1.54, 1.807) is 0 Å². The van der Waals surface area contributed by atoms with Crippen LogP contribution < -0.4 is 5.73 Å². The van der Waals surface area contributed by atoms with E-state index in [0.29, 0.717) is 5.92 Å². The number of nitrogens with two attached hydrogens (primary N) is 1. The van der Waals surface area contributed by atoms with Gasteiger partial charge >= 0.3 is 0 Å². The van der Waals surface area contributed by atoms with Crippen LogP contribution in [0, 0.1) is 5.92 Å². The third-order valence-corrected chi connectivity index (χ3v) is 4.56. The minimum atomic E-state index is 0.195. The molecule has 1 rings (SSSR count). The zero-order valence-electron chi connectivity index (χ0n) is 11.6. The molecule has 0 radical (unpaired) electrons. The van der Waals surface area contributed by atoms with E-state index >= 15 is 0 Å². The summed E-state index contributed by atoms with van der Waals surface area (Å²) in [6.07, 6.45) is 6.75. The molecule has 0 aromatic carbocycles. The summed E-state index contributed by atoms with van der Waals surface area (Å²) in [5, 5.41) is 0. The molecule has 2 heteroatoms. The lowest BCUT2D eigenvalue weighted by Crippen LogP contribution is -2.60. The first kappa shape index (κ1) is 14.0. The Bertz CT molecular complexity index is 201. The number of nitrogens with zero attached hydrogens (tertiary/aromatic N) is 1. The van der Waals surface area contributed by atoms with Gasteiger partial charge in [0, 0.05) is 18.1 Å². The summed E-state index contributed by atoms with van der Waals surface area (Å²) in [5.74, 6) is 0.634. The van der Waals surface area contributed by atoms with Gasteiger partial charge in [-0.05, 0) is 38.6 Å². The summed E-state index contributed by atoms with van der Waals surface area (Å²) in [5.41, 5.74) is 6.25. The van der Waals surface area contributed by atoms with Crippen molar-refractivity contribution < 1.29 is 0 Å². The van der Waals surface area contributed by atoms with E-state index in [4.69, 9.17) is 5.73 Å². The summed E-state index contributed by atoms with van der Waals surface area (Å²) in [7, 11) is 0. The number of rotatable bonds is 5. The maximum Gasteiger partial charge on any atom is 0.0329 e. The molecule has 1 fully saturated rings. The summed E-state index contributed by atoms with van der Waals surface area (Å²) in [4.78, 5) is 2.71. The quantitative estimate of drug-likeness (QED) is 0.781. The molecule has 16 heavy (non-hydrogen) atoms. The Morgan fingerprint density at radius 3 is 2.56 bits per heavy atom. The standard InChI is InChI=1S/C14H30N2/c1-5-8-13-9-6-7-10-16(13)14(4,11-15)12(2)3/h12-13H,5-11,15H2,1-4H3. The normalized spacial score (nSPS) is 27.0. The Balaban J connectivity index is 2.79. The summed E-state index contributed by atoms with van der Waals surface area (Å²) in [6.45, 7) is 11.3. The van der Waals surface area contributed by atoms with Gasteiger partial charge in [0.1, 0.15) is 0 Å². The molecular weight excluding hydrogens is 196 g/mol. The molecule has 0 amide bonds. The van der Waals surface area contributed by atoms with E-state index in [0.717, 1.165) is 12.6 Å². The van der Waals surface area contributed by atoms with E-state index < -0.39 is 0 Å². The highest BCUT2D eigenvalue weighted by Gasteiger charge is 2.38. The monoisotopic (exact) mass is 226 g/mol. The molecule has 1 heterocycles. The van der Waals surface area contributed by atoms with Gasteiger partial charge in [0.2, 0.25) is 0 Å². The van der Waals surface area contributed by atoms with Gasteiger partial charge in [-0.25, -0.2) is 0 Å². The number of hydrogen-bond donors (Lipinski definition) is 1. The molecule has 2 unspecified atom stereocenters. The molecule has 1 aliphatic heterocycles. The topological polar surface area (TPSA) is 29.3 Å². The van der Waals surface area contributed by atoms with Gasteiger partial charge in [0.25, 0.3) is 0 Å². The van der Waals surface area contributed by atoms with Crippen LogP contribution >= 0.6 is 0 Å². The van der Waals surface area contributed by atoms with Crippen LogP contribution in [0.2, 0.25) is 0 Å². The van der Waals surface area contributed by atoms with E-state index in [2.05, 4.69) is 32.6 Å². The van der Waals surface area contributed by atoms with Crippen molar-refractivity contribution in [2.75, 3.05) is 13.1 Å². The minimum absolute atomic E-state index is 0.195. The summed E-state index contributed by atoms with van der Waals surface area (Å²) in [6, 6.07) is 0.773. The predicted octanol–water partition coefficient (Wildman–Crippen LogP) is 3.01. The van der Waals surface area contributed by atoms with Gasteiger partial charge in [0.15, 0.2) is 0 Å². The lowest BCUT2D eigenvalue weighted by molar-refractivity contribution is 0.000194. The molecule has 2 atom stereocenters. The van der Waals surface area contributed by atoms with Crippen LogP contribution in [-0.4, -0.2) is 29.6 Å². The van der Waals surface area contributed by atoms with Gasteiger partial charge < -0.3 is 5.73 Å². The van der Waals surface area contributed by atoms with Crippen molar-refractivity contribution in [2.45, 2.75) is 71.4 Å². The first-order chi connectivity index (χ1) is 7.56. The third kappa shape index (κ3) is 2.78. The van der Waals surface area contributed by atoms with Crippen molar-refractivity contribution in [1.82, 2.24) is 4.90 Å². The van der Waals surface area contributed by atoms with Crippen molar-refractivity contribution in [3.63, 3.8) is 0 Å². The Labute approximate surface area is 102 Å². The van der Waals surface area contributed by atoms with Crippen LogP contribution in [0.1, 0.15) is 59.8 Å². The first-order valence-corrected chi connectivity index (χ1v) is 7.03. The Hall–Kier alpha value is -0.0800. The molecule has 0 bridgehead atoms. The van der Waals surface area contributed by atoms with Crippen molar-refractivity contribution in [3.05, 3.63) is 0 Å². The molecule has 96 valence electrons. The number of likely N-dealkylation sites (tertiary alicyclic amines) is 1. The minimum Gasteiger partial charge on any atom is -0.329 e. The largest absolute Gasteiger partial charge is 0.329 e. The van der Waals surface area contributed by atoms with Gasteiger partial charge in [-0.3, -0.25) is 4.90 Å². The van der Waals surface area contributed by atoms with Crippen LogP contribution in [0.25, 0.3) is 0 Å². The molecule has 0 saturated carbocycles. The maximum absolute atomic E-state index is 6.06. The van der Waals surface area contributed by atoms with E-state index in [-0.39, 0.29) is 5.54 Å². The van der Waals surface area contributed by atoms with Gasteiger partial charge in [-0.15, -0.1) is 0 Å². The van der Waals surface area contributed by atoms with Crippen LogP contribution in [0.3, 0.4) is 0 Å². The highest BCUT2D eigenvalue weighted by atomic mass is 15.2. The van der Waals surface area contributed by atoms with Gasteiger partial charge in [0.05, 0.1) is 0 Å². The van der Waals surface area contributed by atoms with E-state index in [9.17, 15) is 0 Å². The molecular formula is C14H30N2. The van der Waals surface area contributed by atoms with Crippen LogP contribution in [0.5, 0.6) is 0 Å². The maximum atomic E-state index is 6.06. The first-order valence-electron chi connectivity index (χ1n) is 7.03. The predicted molar refractivity (Wildman–Crippen MR) is 71.6 cm³/mol. The van der Waals surface area contributed by atoms with Crippen LogP contribution in [-0.2, 0) is 0 Å². The molecule has 0 aromatic rings. The Morgan fingerprint density at radius 2 is 2.06 bits per heavy atom. The lowest BCUT2D eigenvalue weighted by Gasteiger charge is -2.50. The fourth-order valence-electron chi connectivity index (χ4n) is 2.99. The second kappa shape index (κ2) is 6.02. The Kier molecular flexibility index (Phi) is 5.26. The Morgan fingerprint density at radius 1 is 1.38 bits per heavy atom. The highest BCUT2D eigenvalue weighted by Crippen LogP contribution is 2.32. The van der Waals surface area contributed by atoms with E-state index in [1.807, 2.05) is 0 Å². The molecule has 0 aromatic heterocycles. The zero-order chi connectivity index (χ0) is 12.2. The van der Waals surface area contributed by atoms with Crippen molar-refractivity contribution >= 4 is 0 Å². The van der Waals surface area contributed by atoms with Crippen LogP contribution in [0.15, 0.2) is 0 Å². The second-order valence-corrected chi connectivity index (χ2v) is 5.85. The highest BCUT2D eigenvalue weighted by molar-refractivity contribution is 4.95. The van der Waals surface area contributed by atoms with Crippen LogP contribution in [0.4, 0.5) is 0 Å². The molecule has 1 saturated heterocycles. The molecule has 0 aliphatic carbocycles. The number of hydrogen-bond acceptors (Lipinski definition) is 2. The third-order valence-electron chi connectivity index (χ3n) is 4.56. The molecule has 0 spiro atoms. The number of piperidine rings is 1. The van der Waals surface area contributed by atoms with Crippen molar-refractivity contribution in [1.29, 1.82) is 0 Å². The van der Waals surface area contributed by atoms with Gasteiger partial charge in [-0.1, -0.05) is 33.6 Å². The smallest absolute Gasteiger partial charge is 0.0329 e. The lowest BCUT2D eigenvalue weighted by atomic mass is 9.82. The second-order valence-electron chi connectivity index (χ2n) is 5.85. The average Bonchev–Trinajstić information content (AvgIpc) is 2.29. The molecule has 2 N–H and O–H groups in total. The fraction of sp³-hybridized carbons (Fsp3) is 1.00.